The van der Waals surface area contributed by atoms with Crippen LogP contribution in [-0.4, -0.2) is 46.2 Å². The summed E-state index contributed by atoms with van der Waals surface area (Å²) in [6, 6.07) is 2.84. The molecule has 1 heterocycles. The number of hydrogen-bond acceptors (Lipinski definition) is 4. The smallest absolute Gasteiger partial charge is 0.371 e. The van der Waals surface area contributed by atoms with Crippen LogP contribution in [0.15, 0.2) is 16.5 Å². The van der Waals surface area contributed by atoms with Gasteiger partial charge in [-0.05, 0) is 37.8 Å². The van der Waals surface area contributed by atoms with E-state index in [2.05, 4.69) is 0 Å². The van der Waals surface area contributed by atoms with Gasteiger partial charge in [0.15, 0.2) is 5.76 Å². The van der Waals surface area contributed by atoms with Crippen molar-refractivity contribution in [1.82, 2.24) is 4.90 Å². The molecule has 2 rings (SSSR count). The van der Waals surface area contributed by atoms with E-state index in [1.807, 2.05) is 0 Å². The molecule has 6 nitrogen and oxygen atoms in total. The van der Waals surface area contributed by atoms with Crippen LogP contribution in [-0.2, 0) is 0 Å². The number of carboxylic acids is 1. The molecule has 104 valence electrons. The monoisotopic (exact) mass is 267 g/mol. The molecule has 1 amide bonds. The van der Waals surface area contributed by atoms with Gasteiger partial charge in [0.25, 0.3) is 5.91 Å². The van der Waals surface area contributed by atoms with Gasteiger partial charge in [-0.1, -0.05) is 0 Å². The van der Waals surface area contributed by atoms with Crippen LogP contribution in [0.4, 0.5) is 0 Å². The lowest BCUT2D eigenvalue weighted by Gasteiger charge is -2.37. The van der Waals surface area contributed by atoms with Gasteiger partial charge in [0.1, 0.15) is 0 Å². The maximum atomic E-state index is 12.3. The van der Waals surface area contributed by atoms with Crippen molar-refractivity contribution < 1.29 is 24.2 Å². The first-order chi connectivity index (χ1) is 9.13. The molecule has 6 heteroatoms. The number of hydrogen-bond donors (Lipinski definition) is 2. The van der Waals surface area contributed by atoms with Crippen LogP contribution in [0.2, 0.25) is 0 Å². The summed E-state index contributed by atoms with van der Waals surface area (Å²) in [6.45, 7) is 0.484. The SMILES string of the molecule is O=C(O)c1ccc(C(=O)N(CCCO)C2CCC2)o1. The summed E-state index contributed by atoms with van der Waals surface area (Å²) < 4.78 is 5.03. The quantitative estimate of drug-likeness (QED) is 0.812. The first kappa shape index (κ1) is 13.6. The first-order valence-electron chi connectivity index (χ1n) is 6.38. The number of aromatic carboxylic acids is 1. The lowest BCUT2D eigenvalue weighted by Crippen LogP contribution is -2.44. The second kappa shape index (κ2) is 5.88. The molecule has 19 heavy (non-hydrogen) atoms. The van der Waals surface area contributed by atoms with E-state index in [-0.39, 0.29) is 30.1 Å². The van der Waals surface area contributed by atoms with Crippen molar-refractivity contribution in [3.8, 4) is 0 Å². The zero-order valence-corrected chi connectivity index (χ0v) is 10.5. The number of furan rings is 1. The number of aliphatic hydroxyl groups is 1. The molecule has 1 aliphatic carbocycles. The Hall–Kier alpha value is -1.82. The molecule has 0 aromatic carbocycles. The minimum absolute atomic E-state index is 0.0228. The lowest BCUT2D eigenvalue weighted by molar-refractivity contribution is 0.0524. The van der Waals surface area contributed by atoms with Gasteiger partial charge < -0.3 is 19.5 Å². The summed E-state index contributed by atoms with van der Waals surface area (Å²) in [6.07, 6.45) is 3.49. The fourth-order valence-electron chi connectivity index (χ4n) is 2.10. The highest BCUT2D eigenvalue weighted by molar-refractivity contribution is 5.93. The number of rotatable bonds is 6. The summed E-state index contributed by atoms with van der Waals surface area (Å²) in [5.41, 5.74) is 0. The molecule has 0 aliphatic heterocycles. The summed E-state index contributed by atoms with van der Waals surface area (Å²) in [5, 5.41) is 17.7. The minimum Gasteiger partial charge on any atom is -0.475 e. The van der Waals surface area contributed by atoms with Crippen LogP contribution in [0.1, 0.15) is 46.8 Å². The van der Waals surface area contributed by atoms with Crippen LogP contribution in [0, 0.1) is 0 Å². The van der Waals surface area contributed by atoms with Crippen LogP contribution in [0.3, 0.4) is 0 Å². The van der Waals surface area contributed by atoms with Gasteiger partial charge in [-0.25, -0.2) is 4.79 Å². The second-order valence-corrected chi connectivity index (χ2v) is 4.63. The molecule has 0 spiro atoms. The van der Waals surface area contributed by atoms with E-state index >= 15 is 0 Å². The number of amides is 1. The van der Waals surface area contributed by atoms with E-state index in [0.717, 1.165) is 19.3 Å². The van der Waals surface area contributed by atoms with Crippen molar-refractivity contribution in [2.45, 2.75) is 31.7 Å². The van der Waals surface area contributed by atoms with Crippen LogP contribution in [0.5, 0.6) is 0 Å². The Labute approximate surface area is 110 Å². The molecule has 1 fully saturated rings. The topological polar surface area (TPSA) is 91.0 Å². The minimum atomic E-state index is -1.19. The molecule has 0 radical (unpaired) electrons. The van der Waals surface area contributed by atoms with E-state index in [1.165, 1.54) is 12.1 Å². The Morgan fingerprint density at radius 3 is 2.47 bits per heavy atom. The molecule has 2 N–H and O–H groups in total. The molecule has 0 atom stereocenters. The third-order valence-corrected chi connectivity index (χ3v) is 3.36. The van der Waals surface area contributed by atoms with E-state index < -0.39 is 5.97 Å². The van der Waals surface area contributed by atoms with E-state index in [0.29, 0.717) is 13.0 Å². The van der Waals surface area contributed by atoms with Gasteiger partial charge in [0.2, 0.25) is 5.76 Å². The Morgan fingerprint density at radius 2 is 2.00 bits per heavy atom. The maximum Gasteiger partial charge on any atom is 0.371 e. The van der Waals surface area contributed by atoms with Crippen molar-refractivity contribution in [2.75, 3.05) is 13.2 Å². The summed E-state index contributed by atoms with van der Waals surface area (Å²) in [4.78, 5) is 24.7. The Balaban J connectivity index is 2.10. The highest BCUT2D eigenvalue weighted by atomic mass is 16.4. The molecular weight excluding hydrogens is 250 g/mol. The number of aliphatic hydroxyl groups excluding tert-OH is 1. The Morgan fingerprint density at radius 1 is 1.32 bits per heavy atom. The normalized spacial score (nSPS) is 15.0. The summed E-state index contributed by atoms with van der Waals surface area (Å²) >= 11 is 0. The molecule has 1 aromatic heterocycles. The molecule has 1 aromatic rings. The third-order valence-electron chi connectivity index (χ3n) is 3.36. The fourth-order valence-corrected chi connectivity index (χ4v) is 2.10. The van der Waals surface area contributed by atoms with Gasteiger partial charge >= 0.3 is 5.97 Å². The van der Waals surface area contributed by atoms with E-state index in [4.69, 9.17) is 14.6 Å². The zero-order chi connectivity index (χ0) is 13.8. The third kappa shape index (κ3) is 2.96. The largest absolute Gasteiger partial charge is 0.475 e. The van der Waals surface area contributed by atoms with Gasteiger partial charge in [-0.15, -0.1) is 0 Å². The van der Waals surface area contributed by atoms with E-state index in [1.54, 1.807) is 4.90 Å². The highest BCUT2D eigenvalue weighted by Gasteiger charge is 2.30. The number of carboxylic acid groups (broad SMARTS) is 1. The predicted molar refractivity (Wildman–Crippen MR) is 66.0 cm³/mol. The molecule has 1 saturated carbocycles. The Kier molecular flexibility index (Phi) is 4.21. The molecule has 0 saturated heterocycles. The summed E-state index contributed by atoms with van der Waals surface area (Å²) in [7, 11) is 0. The summed E-state index contributed by atoms with van der Waals surface area (Å²) in [5.74, 6) is -1.68. The average Bonchev–Trinajstić information content (AvgIpc) is 2.80. The average molecular weight is 267 g/mol. The predicted octanol–water partition coefficient (Wildman–Crippen LogP) is 1.35. The maximum absolute atomic E-state index is 12.3. The number of carbonyl (C=O) groups is 2. The van der Waals surface area contributed by atoms with Gasteiger partial charge in [0, 0.05) is 19.2 Å². The standard InChI is InChI=1S/C13H17NO5/c15-8-2-7-14(9-3-1-4-9)12(16)10-5-6-11(19-10)13(17)18/h5-6,9,15H,1-4,7-8H2,(H,17,18). The van der Waals surface area contributed by atoms with Crippen LogP contribution < -0.4 is 0 Å². The number of carbonyl (C=O) groups excluding carboxylic acids is 1. The van der Waals surface area contributed by atoms with Crippen LogP contribution in [0.25, 0.3) is 0 Å². The van der Waals surface area contributed by atoms with Crippen molar-refractivity contribution >= 4 is 11.9 Å². The molecule has 0 unspecified atom stereocenters. The highest BCUT2D eigenvalue weighted by Crippen LogP contribution is 2.26. The molecule has 0 bridgehead atoms. The van der Waals surface area contributed by atoms with Crippen molar-refractivity contribution in [1.29, 1.82) is 0 Å². The molecule has 1 aliphatic rings. The Bertz CT molecular complexity index is 463. The van der Waals surface area contributed by atoms with Crippen molar-refractivity contribution in [3.05, 3.63) is 23.7 Å². The fraction of sp³-hybridized carbons (Fsp3) is 0.538. The van der Waals surface area contributed by atoms with Crippen molar-refractivity contribution in [2.24, 2.45) is 0 Å². The van der Waals surface area contributed by atoms with Crippen LogP contribution >= 0.6 is 0 Å². The lowest BCUT2D eigenvalue weighted by atomic mass is 9.91. The van der Waals surface area contributed by atoms with E-state index in [9.17, 15) is 9.59 Å². The first-order valence-corrected chi connectivity index (χ1v) is 6.38. The second-order valence-electron chi connectivity index (χ2n) is 4.63. The van der Waals surface area contributed by atoms with Gasteiger partial charge in [0.05, 0.1) is 0 Å². The number of nitrogens with zero attached hydrogens (tertiary/aromatic N) is 1. The van der Waals surface area contributed by atoms with Gasteiger partial charge in [-0.3, -0.25) is 4.79 Å². The van der Waals surface area contributed by atoms with Crippen molar-refractivity contribution in [3.63, 3.8) is 0 Å². The molecular formula is C13H17NO5. The van der Waals surface area contributed by atoms with Gasteiger partial charge in [-0.2, -0.15) is 0 Å². The zero-order valence-electron chi connectivity index (χ0n) is 10.5.